The molecule has 0 saturated carbocycles. The topological polar surface area (TPSA) is 112 Å². The molecule has 2 aromatic heterocycles. The highest BCUT2D eigenvalue weighted by Crippen LogP contribution is 2.38. The van der Waals surface area contributed by atoms with Crippen molar-refractivity contribution in [2.24, 2.45) is 0 Å². The van der Waals surface area contributed by atoms with E-state index in [-0.39, 0.29) is 23.5 Å². The average Bonchev–Trinajstić information content (AvgIpc) is 3.55. The second-order valence-corrected chi connectivity index (χ2v) is 12.8. The van der Waals surface area contributed by atoms with Gasteiger partial charge in [-0.3, -0.25) is 24.0 Å². The summed E-state index contributed by atoms with van der Waals surface area (Å²) >= 11 is 0. The Morgan fingerprint density at radius 2 is 1.82 bits per heavy atom. The van der Waals surface area contributed by atoms with E-state index in [4.69, 9.17) is 18.9 Å². The lowest BCUT2D eigenvalue weighted by Crippen LogP contribution is -2.59. The number of β-amino-alcohol motifs (C(OH)–C–C–N with tert-alkyl or cyclic N) is 1. The van der Waals surface area contributed by atoms with Crippen LogP contribution < -0.4 is 24.5 Å². The zero-order valence-corrected chi connectivity index (χ0v) is 27.6. The van der Waals surface area contributed by atoms with Crippen LogP contribution in [0.1, 0.15) is 34.8 Å². The largest absolute Gasteiger partial charge is 0.493 e. The Kier molecular flexibility index (Phi) is 8.98. The van der Waals surface area contributed by atoms with Crippen molar-refractivity contribution in [1.29, 1.82) is 0 Å². The minimum Gasteiger partial charge on any atom is -0.493 e. The number of fused-ring (bicyclic) bond motifs is 2. The Morgan fingerprint density at radius 3 is 2.56 bits per heavy atom. The van der Waals surface area contributed by atoms with E-state index >= 15 is 4.39 Å². The highest BCUT2D eigenvalue weighted by molar-refractivity contribution is 6.00. The lowest BCUT2D eigenvalue weighted by molar-refractivity contribution is -0.0840. The number of pyridine rings is 2. The van der Waals surface area contributed by atoms with Crippen LogP contribution in [0.5, 0.6) is 28.7 Å². The standard InChI is InChI=1S/C38H35F2N3O7/c1-38(46)21-42(22-38)13-3-14-48-34-19-29-27(18-33(34)47-2)31(10-12-41-29)50-32-9-4-23(16-28(32)40)17-30(44)35-36-24(11-15-49-36)20-43(37(35)45)26-7-5-25(39)6-8-26/h4-10,12,16,18-20,46H,3,11,13-15,17,21-22H2,1-2H3. The summed E-state index contributed by atoms with van der Waals surface area (Å²) in [5.74, 6) is -0.202. The van der Waals surface area contributed by atoms with Crippen molar-refractivity contribution in [3.8, 4) is 34.4 Å². The van der Waals surface area contributed by atoms with E-state index in [9.17, 15) is 19.1 Å². The Hall–Kier alpha value is -5.33. The fourth-order valence-corrected chi connectivity index (χ4v) is 6.46. The van der Waals surface area contributed by atoms with Gasteiger partial charge >= 0.3 is 0 Å². The number of rotatable bonds is 12. The zero-order chi connectivity index (χ0) is 35.0. The van der Waals surface area contributed by atoms with E-state index in [1.54, 1.807) is 36.7 Å². The van der Waals surface area contributed by atoms with Gasteiger partial charge in [0.1, 0.15) is 22.9 Å². The molecule has 2 aliphatic rings. The van der Waals surface area contributed by atoms with Gasteiger partial charge < -0.3 is 24.1 Å². The molecule has 258 valence electrons. The van der Waals surface area contributed by atoms with E-state index in [1.807, 2.05) is 6.92 Å². The maximum absolute atomic E-state index is 15.5. The molecule has 12 heteroatoms. The van der Waals surface area contributed by atoms with Gasteiger partial charge in [-0.05, 0) is 67.4 Å². The molecule has 0 atom stereocenters. The van der Waals surface area contributed by atoms with Crippen molar-refractivity contribution in [3.63, 3.8) is 0 Å². The van der Waals surface area contributed by atoms with Gasteiger partial charge in [-0.15, -0.1) is 0 Å². The quantitative estimate of drug-likeness (QED) is 0.132. The van der Waals surface area contributed by atoms with Crippen LogP contribution in [0.15, 0.2) is 77.9 Å². The predicted molar refractivity (Wildman–Crippen MR) is 181 cm³/mol. The van der Waals surface area contributed by atoms with E-state index in [2.05, 4.69) is 9.88 Å². The molecule has 0 aliphatic carbocycles. The number of ketones is 1. The summed E-state index contributed by atoms with van der Waals surface area (Å²) in [4.78, 5) is 33.7. The summed E-state index contributed by atoms with van der Waals surface area (Å²) in [5, 5.41) is 10.5. The highest BCUT2D eigenvalue weighted by atomic mass is 19.1. The number of likely N-dealkylation sites (tertiary alicyclic amines) is 1. The second kappa shape index (κ2) is 13.5. The molecular formula is C38H35F2N3O7. The van der Waals surface area contributed by atoms with Crippen LogP contribution in [-0.4, -0.2) is 70.9 Å². The fraction of sp³-hybridized carbons (Fsp3) is 0.289. The first kappa shape index (κ1) is 33.2. The molecule has 0 unspecified atom stereocenters. The zero-order valence-electron chi connectivity index (χ0n) is 27.6. The number of nitrogens with zero attached hydrogens (tertiary/aromatic N) is 3. The van der Waals surface area contributed by atoms with E-state index in [0.717, 1.165) is 13.0 Å². The van der Waals surface area contributed by atoms with Crippen LogP contribution in [0, 0.1) is 11.6 Å². The summed E-state index contributed by atoms with van der Waals surface area (Å²) in [6, 6.07) is 14.7. The third kappa shape index (κ3) is 6.76. The van der Waals surface area contributed by atoms with Crippen LogP contribution in [0.2, 0.25) is 0 Å². The highest BCUT2D eigenvalue weighted by Gasteiger charge is 2.35. The molecule has 1 fully saturated rings. The van der Waals surface area contributed by atoms with Crippen molar-refractivity contribution in [1.82, 2.24) is 14.5 Å². The lowest BCUT2D eigenvalue weighted by atomic mass is 9.97. The molecule has 3 aromatic carbocycles. The van der Waals surface area contributed by atoms with Crippen molar-refractivity contribution >= 4 is 16.7 Å². The SMILES string of the molecule is COc1cc2c(Oc3ccc(CC(=O)c4c5c(cn(-c6ccc(F)cc6)c4=O)CCO5)cc3F)ccnc2cc1OCCCN1CC(C)(O)C1. The van der Waals surface area contributed by atoms with Crippen molar-refractivity contribution < 1.29 is 37.6 Å². The van der Waals surface area contributed by atoms with Crippen molar-refractivity contribution in [2.75, 3.05) is 40.0 Å². The van der Waals surface area contributed by atoms with Crippen molar-refractivity contribution in [3.05, 3.63) is 112 Å². The molecular weight excluding hydrogens is 648 g/mol. The summed E-state index contributed by atoms with van der Waals surface area (Å²) in [5.41, 5.74) is 0.651. The molecule has 0 radical (unpaired) electrons. The van der Waals surface area contributed by atoms with Crippen LogP contribution >= 0.6 is 0 Å². The van der Waals surface area contributed by atoms with Gasteiger partial charge in [-0.1, -0.05) is 6.07 Å². The first-order chi connectivity index (χ1) is 24.1. The molecule has 0 bridgehead atoms. The van der Waals surface area contributed by atoms with Crippen LogP contribution in [0.3, 0.4) is 0 Å². The molecule has 1 saturated heterocycles. The molecule has 1 N–H and O–H groups in total. The monoisotopic (exact) mass is 683 g/mol. The van der Waals surface area contributed by atoms with Gasteiger partial charge in [-0.25, -0.2) is 8.78 Å². The van der Waals surface area contributed by atoms with Crippen LogP contribution in [-0.2, 0) is 12.8 Å². The lowest BCUT2D eigenvalue weighted by Gasteiger charge is -2.44. The number of Topliss-reactive ketones (excluding diaryl/α,β-unsaturated/α-hetero) is 1. The normalized spacial score (nSPS) is 14.9. The average molecular weight is 684 g/mol. The van der Waals surface area contributed by atoms with E-state index < -0.39 is 28.6 Å². The van der Waals surface area contributed by atoms with Gasteiger partial charge in [0.25, 0.3) is 5.56 Å². The number of methoxy groups -OCH3 is 1. The van der Waals surface area contributed by atoms with Gasteiger partial charge in [0.15, 0.2) is 28.8 Å². The number of aromatic nitrogens is 2. The minimum absolute atomic E-state index is 0.0689. The maximum atomic E-state index is 15.5. The summed E-state index contributed by atoms with van der Waals surface area (Å²) in [6.07, 6.45) is 4.17. The third-order valence-corrected chi connectivity index (χ3v) is 8.81. The Labute approximate surface area is 286 Å². The number of benzene rings is 3. The number of hydrogen-bond donors (Lipinski definition) is 1. The number of carbonyl (C=O) groups excluding carboxylic acids is 1. The number of halogens is 2. The maximum Gasteiger partial charge on any atom is 0.269 e. The molecule has 50 heavy (non-hydrogen) atoms. The Bertz CT molecular complexity index is 2140. The number of carbonyl (C=O) groups is 1. The third-order valence-electron chi connectivity index (χ3n) is 8.81. The molecule has 0 spiro atoms. The predicted octanol–water partition coefficient (Wildman–Crippen LogP) is 5.66. The number of aliphatic hydroxyl groups is 1. The van der Waals surface area contributed by atoms with Gasteiger partial charge in [0, 0.05) is 67.6 Å². The van der Waals surface area contributed by atoms with Crippen LogP contribution in [0.25, 0.3) is 16.6 Å². The molecule has 5 aromatic rings. The minimum atomic E-state index is -0.700. The van der Waals surface area contributed by atoms with E-state index in [1.165, 1.54) is 48.1 Å². The molecule has 4 heterocycles. The van der Waals surface area contributed by atoms with Gasteiger partial charge in [0.2, 0.25) is 0 Å². The fourth-order valence-electron chi connectivity index (χ4n) is 6.46. The van der Waals surface area contributed by atoms with Crippen LogP contribution in [0.4, 0.5) is 8.78 Å². The number of ether oxygens (including phenoxy) is 4. The smallest absolute Gasteiger partial charge is 0.269 e. The van der Waals surface area contributed by atoms with Gasteiger partial charge in [-0.2, -0.15) is 0 Å². The summed E-state index contributed by atoms with van der Waals surface area (Å²) in [6.45, 7) is 4.68. The summed E-state index contributed by atoms with van der Waals surface area (Å²) < 4.78 is 53.6. The Balaban J connectivity index is 1.07. The Morgan fingerprint density at radius 1 is 1.02 bits per heavy atom. The van der Waals surface area contributed by atoms with Crippen molar-refractivity contribution in [2.45, 2.75) is 31.8 Å². The molecule has 7 rings (SSSR count). The first-order valence-corrected chi connectivity index (χ1v) is 16.3. The van der Waals surface area contributed by atoms with E-state index in [0.29, 0.717) is 77.7 Å². The number of hydrogen-bond acceptors (Lipinski definition) is 9. The molecule has 10 nitrogen and oxygen atoms in total. The molecule has 0 amide bonds. The molecule has 2 aliphatic heterocycles. The first-order valence-electron chi connectivity index (χ1n) is 16.3. The van der Waals surface area contributed by atoms with Gasteiger partial charge in [0.05, 0.1) is 31.4 Å². The second-order valence-electron chi connectivity index (χ2n) is 12.8. The summed E-state index contributed by atoms with van der Waals surface area (Å²) in [7, 11) is 1.53.